The molecule has 0 N–H and O–H groups in total. The van der Waals surface area contributed by atoms with Crippen molar-refractivity contribution in [2.75, 3.05) is 0 Å². The van der Waals surface area contributed by atoms with Gasteiger partial charge in [-0.25, -0.2) is 0 Å². The lowest BCUT2D eigenvalue weighted by Crippen LogP contribution is -1.89. The summed E-state index contributed by atoms with van der Waals surface area (Å²) in [7, 11) is 0. The van der Waals surface area contributed by atoms with Crippen LogP contribution in [0.2, 0.25) is 0 Å². The highest BCUT2D eigenvalue weighted by Gasteiger charge is 2.12. The van der Waals surface area contributed by atoms with E-state index in [-0.39, 0.29) is 0 Å². The number of rotatable bonds is 4. The summed E-state index contributed by atoms with van der Waals surface area (Å²) in [6.45, 7) is 0. The van der Waals surface area contributed by atoms with Crippen LogP contribution in [-0.2, 0) is 0 Å². The van der Waals surface area contributed by atoms with Crippen molar-refractivity contribution in [1.82, 2.24) is 19.9 Å². The van der Waals surface area contributed by atoms with Crippen LogP contribution < -0.4 is 0 Å². The Kier molecular flexibility index (Phi) is 5.75. The van der Waals surface area contributed by atoms with Crippen molar-refractivity contribution < 1.29 is 0 Å². The van der Waals surface area contributed by atoms with Gasteiger partial charge in [-0.1, -0.05) is 72.8 Å². The van der Waals surface area contributed by atoms with E-state index in [1.165, 1.54) is 32.3 Å². The number of benzene rings is 4. The van der Waals surface area contributed by atoms with Crippen LogP contribution in [0.1, 0.15) is 0 Å². The minimum atomic E-state index is 0.869. The Hall–Kier alpha value is -5.74. The molecule has 0 aliphatic rings. The molecule has 4 nitrogen and oxygen atoms in total. The van der Waals surface area contributed by atoms with Gasteiger partial charge in [-0.3, -0.25) is 19.9 Å². The number of aromatic nitrogens is 4. The van der Waals surface area contributed by atoms with E-state index in [1.54, 1.807) is 12.4 Å². The number of fused-ring (bicyclic) bond motifs is 6. The van der Waals surface area contributed by atoms with Gasteiger partial charge in [-0.2, -0.15) is 0 Å². The van der Waals surface area contributed by atoms with Crippen LogP contribution in [0.15, 0.2) is 146 Å². The molecule has 8 aromatic rings. The summed E-state index contributed by atoms with van der Waals surface area (Å²) in [6, 6.07) is 42.2. The van der Waals surface area contributed by atoms with E-state index < -0.39 is 0 Å². The lowest BCUT2D eigenvalue weighted by atomic mass is 9.90. The Morgan fingerprint density at radius 3 is 1.10 bits per heavy atom. The van der Waals surface area contributed by atoms with Crippen LogP contribution in [0.4, 0.5) is 0 Å². The van der Waals surface area contributed by atoms with Crippen LogP contribution in [0, 0.1) is 0 Å². The van der Waals surface area contributed by atoms with Crippen molar-refractivity contribution in [1.29, 1.82) is 0 Å². The van der Waals surface area contributed by atoms with Gasteiger partial charge in [0.2, 0.25) is 0 Å². The van der Waals surface area contributed by atoms with Crippen LogP contribution in [0.5, 0.6) is 0 Å². The smallest absolute Gasteiger partial charge is 0.0886 e. The average molecular weight is 537 g/mol. The molecule has 0 bridgehead atoms. The van der Waals surface area contributed by atoms with E-state index in [0.717, 1.165) is 45.0 Å². The average Bonchev–Trinajstić information content (AvgIpc) is 3.09. The third-order valence-corrected chi connectivity index (χ3v) is 7.88. The fraction of sp³-hybridized carbons (Fsp3) is 0. The second kappa shape index (κ2) is 10.0. The fourth-order valence-electron chi connectivity index (χ4n) is 5.78. The van der Waals surface area contributed by atoms with E-state index in [9.17, 15) is 0 Å². The molecule has 8 rings (SSSR count). The van der Waals surface area contributed by atoms with Crippen LogP contribution in [0.3, 0.4) is 0 Å². The minimum absolute atomic E-state index is 0.869. The zero-order valence-electron chi connectivity index (χ0n) is 22.6. The Bertz CT molecular complexity index is 2030. The van der Waals surface area contributed by atoms with Crippen molar-refractivity contribution in [2.45, 2.75) is 0 Å². The monoisotopic (exact) mass is 536 g/mol. The lowest BCUT2D eigenvalue weighted by Gasteiger charge is -2.13. The van der Waals surface area contributed by atoms with Gasteiger partial charge < -0.3 is 0 Å². The maximum atomic E-state index is 4.71. The van der Waals surface area contributed by atoms with Gasteiger partial charge in [0.15, 0.2) is 0 Å². The quantitative estimate of drug-likeness (QED) is 0.210. The second-order valence-corrected chi connectivity index (χ2v) is 10.4. The Morgan fingerprint density at radius 2 is 0.690 bits per heavy atom. The van der Waals surface area contributed by atoms with E-state index in [0.29, 0.717) is 0 Å². The van der Waals surface area contributed by atoms with Gasteiger partial charge in [-0.15, -0.1) is 0 Å². The van der Waals surface area contributed by atoms with Gasteiger partial charge in [-0.05, 0) is 92.0 Å². The predicted molar refractivity (Wildman–Crippen MR) is 172 cm³/mol. The third kappa shape index (κ3) is 4.18. The highest BCUT2D eigenvalue weighted by molar-refractivity contribution is 6.26. The topological polar surface area (TPSA) is 51.6 Å². The van der Waals surface area contributed by atoms with Gasteiger partial charge in [0.1, 0.15) is 0 Å². The first-order chi connectivity index (χ1) is 20.8. The normalized spacial score (nSPS) is 11.3. The molecule has 0 aliphatic heterocycles. The SMILES string of the molecule is c1ccc(-c2ccc(-c3ccc4c5ccc(-c6ccc(-c7ccccn7)nc6)cc5c5ccccc5c4c3)cn2)nc1. The molecule has 42 heavy (non-hydrogen) atoms. The summed E-state index contributed by atoms with van der Waals surface area (Å²) >= 11 is 0. The molecular weight excluding hydrogens is 512 g/mol. The summed E-state index contributed by atoms with van der Waals surface area (Å²) in [5.74, 6) is 0. The van der Waals surface area contributed by atoms with Gasteiger partial charge in [0.25, 0.3) is 0 Å². The molecule has 0 saturated heterocycles. The van der Waals surface area contributed by atoms with Gasteiger partial charge in [0, 0.05) is 35.9 Å². The molecule has 0 saturated carbocycles. The third-order valence-electron chi connectivity index (χ3n) is 7.88. The zero-order valence-corrected chi connectivity index (χ0v) is 22.6. The molecule has 0 fully saturated rings. The minimum Gasteiger partial charge on any atom is -0.255 e. The Morgan fingerprint density at radius 1 is 0.286 bits per heavy atom. The molecule has 0 amide bonds. The molecule has 0 unspecified atom stereocenters. The van der Waals surface area contributed by atoms with E-state index in [2.05, 4.69) is 82.8 Å². The van der Waals surface area contributed by atoms with Crippen molar-refractivity contribution >= 4 is 32.3 Å². The first kappa shape index (κ1) is 24.1. The fourth-order valence-corrected chi connectivity index (χ4v) is 5.78. The number of pyridine rings is 4. The lowest BCUT2D eigenvalue weighted by molar-refractivity contribution is 1.25. The summed E-state index contributed by atoms with van der Waals surface area (Å²) < 4.78 is 0. The van der Waals surface area contributed by atoms with Gasteiger partial charge >= 0.3 is 0 Å². The maximum Gasteiger partial charge on any atom is 0.0886 e. The standard InChI is InChI=1S/C38H24N4/c1-2-8-30-29(7-1)33-21-25(27-13-17-37(41-23-27)35-9-3-5-19-39-35)11-15-31(33)32-16-12-26(22-34(30)32)28-14-18-38(42-24-28)36-10-4-6-20-40-36/h1-24H. The van der Waals surface area contributed by atoms with E-state index in [4.69, 9.17) is 9.97 Å². The molecule has 4 heteroatoms. The summed E-state index contributed by atoms with van der Waals surface area (Å²) in [6.07, 6.45) is 7.47. The molecule has 0 radical (unpaired) electrons. The molecule has 4 aromatic carbocycles. The highest BCUT2D eigenvalue weighted by atomic mass is 14.8. The highest BCUT2D eigenvalue weighted by Crippen LogP contribution is 2.39. The molecule has 196 valence electrons. The van der Waals surface area contributed by atoms with Crippen molar-refractivity contribution in [3.63, 3.8) is 0 Å². The van der Waals surface area contributed by atoms with Crippen molar-refractivity contribution in [3.8, 4) is 45.0 Å². The molecular formula is C38H24N4. The first-order valence-electron chi connectivity index (χ1n) is 14.0. The summed E-state index contributed by atoms with van der Waals surface area (Å²) in [5.41, 5.74) is 7.93. The second-order valence-electron chi connectivity index (χ2n) is 10.4. The van der Waals surface area contributed by atoms with Gasteiger partial charge in [0.05, 0.1) is 22.8 Å². The number of hydrogen-bond donors (Lipinski definition) is 0. The summed E-state index contributed by atoms with van der Waals surface area (Å²) in [5, 5.41) is 7.42. The van der Waals surface area contributed by atoms with E-state index in [1.807, 2.05) is 60.9 Å². The van der Waals surface area contributed by atoms with Crippen LogP contribution >= 0.6 is 0 Å². The van der Waals surface area contributed by atoms with E-state index >= 15 is 0 Å². The first-order valence-corrected chi connectivity index (χ1v) is 14.0. The largest absolute Gasteiger partial charge is 0.255 e. The Labute approximate surface area is 243 Å². The Balaban J connectivity index is 1.22. The predicted octanol–water partition coefficient (Wildman–Crippen LogP) is 9.39. The van der Waals surface area contributed by atoms with Crippen molar-refractivity contribution in [2.24, 2.45) is 0 Å². The van der Waals surface area contributed by atoms with Crippen LogP contribution in [-0.4, -0.2) is 19.9 Å². The van der Waals surface area contributed by atoms with Crippen molar-refractivity contribution in [3.05, 3.63) is 146 Å². The summed E-state index contributed by atoms with van der Waals surface area (Å²) in [4.78, 5) is 18.3. The maximum absolute atomic E-state index is 4.71. The number of nitrogens with zero attached hydrogens (tertiary/aromatic N) is 4. The zero-order chi connectivity index (χ0) is 27.9. The number of hydrogen-bond acceptors (Lipinski definition) is 4. The molecule has 0 atom stereocenters. The molecule has 4 heterocycles. The molecule has 0 aliphatic carbocycles. The molecule has 4 aromatic heterocycles. The molecule has 0 spiro atoms. The van der Waals surface area contributed by atoms with Crippen LogP contribution in [0.25, 0.3) is 77.3 Å².